The second-order valence-electron chi connectivity index (χ2n) is 4.65. The van der Waals surface area contributed by atoms with Gasteiger partial charge in [0.05, 0.1) is 0 Å². The van der Waals surface area contributed by atoms with Crippen LogP contribution in [0.4, 0.5) is 5.69 Å². The summed E-state index contributed by atoms with van der Waals surface area (Å²) in [4.78, 5) is 2.45. The van der Waals surface area contributed by atoms with Gasteiger partial charge in [-0.3, -0.25) is 0 Å². The van der Waals surface area contributed by atoms with Crippen LogP contribution in [0.5, 0.6) is 0 Å². The zero-order chi connectivity index (χ0) is 12.7. The Bertz CT molecular complexity index is 322. The molecule has 1 rings (SSSR count). The van der Waals surface area contributed by atoms with E-state index in [2.05, 4.69) is 62.3 Å². The minimum atomic E-state index is 0.584. The van der Waals surface area contributed by atoms with E-state index in [1.54, 1.807) is 0 Å². The van der Waals surface area contributed by atoms with Crippen molar-refractivity contribution >= 4 is 5.69 Å². The maximum atomic E-state index is 3.41. The number of nitrogens with one attached hydrogen (secondary N) is 1. The van der Waals surface area contributed by atoms with E-state index in [1.807, 2.05) is 0 Å². The second-order valence-corrected chi connectivity index (χ2v) is 4.65. The van der Waals surface area contributed by atoms with Crippen LogP contribution >= 0.6 is 0 Å². The van der Waals surface area contributed by atoms with Gasteiger partial charge in [-0.15, -0.1) is 0 Å². The molecular weight excluding hydrogens is 208 g/mol. The summed E-state index contributed by atoms with van der Waals surface area (Å²) in [5.74, 6) is 0. The highest BCUT2D eigenvalue weighted by atomic mass is 15.1. The van der Waals surface area contributed by atoms with Crippen molar-refractivity contribution in [1.29, 1.82) is 0 Å². The van der Waals surface area contributed by atoms with E-state index in [4.69, 9.17) is 0 Å². The van der Waals surface area contributed by atoms with Crippen LogP contribution in [0.15, 0.2) is 24.3 Å². The Hall–Kier alpha value is -1.02. The van der Waals surface area contributed by atoms with Gasteiger partial charge in [0.1, 0.15) is 0 Å². The fourth-order valence-electron chi connectivity index (χ4n) is 2.18. The number of nitrogens with zero attached hydrogens (tertiary/aromatic N) is 1. The zero-order valence-corrected chi connectivity index (χ0v) is 11.7. The van der Waals surface area contributed by atoms with Crippen molar-refractivity contribution < 1.29 is 0 Å². The molecule has 17 heavy (non-hydrogen) atoms. The fourth-order valence-corrected chi connectivity index (χ4v) is 2.18. The molecule has 0 saturated carbocycles. The Labute approximate surface area is 106 Å². The number of anilines is 1. The Morgan fingerprint density at radius 3 is 2.59 bits per heavy atom. The molecule has 2 heteroatoms. The standard InChI is InChI=1S/C15H26N2/c1-5-8-14(16-4)12-17(6-2)15-10-7-9-13(3)11-15/h7,9-11,14,16H,5-6,8,12H2,1-4H3. The summed E-state index contributed by atoms with van der Waals surface area (Å²) >= 11 is 0. The molecule has 1 aromatic rings. The Morgan fingerprint density at radius 2 is 2.06 bits per heavy atom. The van der Waals surface area contributed by atoms with E-state index in [9.17, 15) is 0 Å². The molecule has 96 valence electrons. The largest absolute Gasteiger partial charge is 0.370 e. The molecule has 0 saturated heterocycles. The number of rotatable bonds is 7. The Balaban J connectivity index is 2.70. The molecule has 0 amide bonds. The lowest BCUT2D eigenvalue weighted by Gasteiger charge is -2.28. The molecule has 0 spiro atoms. The van der Waals surface area contributed by atoms with Gasteiger partial charge < -0.3 is 10.2 Å². The van der Waals surface area contributed by atoms with Crippen molar-refractivity contribution in [2.24, 2.45) is 0 Å². The molecule has 0 radical (unpaired) electrons. The first-order valence-corrected chi connectivity index (χ1v) is 6.70. The van der Waals surface area contributed by atoms with E-state index in [0.717, 1.165) is 13.1 Å². The first-order valence-electron chi connectivity index (χ1n) is 6.70. The minimum absolute atomic E-state index is 0.584. The lowest BCUT2D eigenvalue weighted by atomic mass is 10.1. The zero-order valence-electron chi connectivity index (χ0n) is 11.7. The lowest BCUT2D eigenvalue weighted by Crippen LogP contribution is -2.39. The van der Waals surface area contributed by atoms with E-state index >= 15 is 0 Å². The van der Waals surface area contributed by atoms with Crippen molar-refractivity contribution in [3.05, 3.63) is 29.8 Å². The van der Waals surface area contributed by atoms with Gasteiger partial charge in [0.25, 0.3) is 0 Å². The van der Waals surface area contributed by atoms with E-state index < -0.39 is 0 Å². The molecule has 0 aliphatic rings. The van der Waals surface area contributed by atoms with Crippen molar-refractivity contribution in [3.63, 3.8) is 0 Å². The highest BCUT2D eigenvalue weighted by Crippen LogP contribution is 2.16. The molecule has 0 aliphatic heterocycles. The SMILES string of the molecule is CCCC(CN(CC)c1cccc(C)c1)NC. The molecule has 2 nitrogen and oxygen atoms in total. The third kappa shape index (κ3) is 4.39. The second kappa shape index (κ2) is 7.33. The molecule has 0 aromatic heterocycles. The number of aryl methyl sites for hydroxylation is 1. The summed E-state index contributed by atoms with van der Waals surface area (Å²) in [5.41, 5.74) is 2.67. The number of likely N-dealkylation sites (N-methyl/N-ethyl adjacent to an activating group) is 2. The Kier molecular flexibility index (Phi) is 6.06. The molecule has 0 fully saturated rings. The van der Waals surface area contributed by atoms with Gasteiger partial charge in [0, 0.05) is 24.8 Å². The quantitative estimate of drug-likeness (QED) is 0.779. The summed E-state index contributed by atoms with van der Waals surface area (Å²) in [7, 11) is 2.06. The van der Waals surface area contributed by atoms with Crippen molar-refractivity contribution in [2.75, 3.05) is 25.0 Å². The predicted molar refractivity (Wildman–Crippen MR) is 76.8 cm³/mol. The average molecular weight is 234 g/mol. The van der Waals surface area contributed by atoms with Crippen LogP contribution in [0.1, 0.15) is 32.3 Å². The summed E-state index contributed by atoms with van der Waals surface area (Å²) in [6.07, 6.45) is 2.47. The summed E-state index contributed by atoms with van der Waals surface area (Å²) in [6, 6.07) is 9.35. The van der Waals surface area contributed by atoms with Crippen LogP contribution in [0, 0.1) is 6.92 Å². The minimum Gasteiger partial charge on any atom is -0.370 e. The van der Waals surface area contributed by atoms with Crippen molar-refractivity contribution in [3.8, 4) is 0 Å². The van der Waals surface area contributed by atoms with E-state index in [-0.39, 0.29) is 0 Å². The van der Waals surface area contributed by atoms with Crippen LogP contribution in [0.2, 0.25) is 0 Å². The first kappa shape index (κ1) is 14.0. The molecule has 1 aromatic carbocycles. The van der Waals surface area contributed by atoms with Crippen LogP contribution < -0.4 is 10.2 Å². The highest BCUT2D eigenvalue weighted by Gasteiger charge is 2.11. The van der Waals surface area contributed by atoms with Crippen LogP contribution in [-0.2, 0) is 0 Å². The van der Waals surface area contributed by atoms with Gasteiger partial charge >= 0.3 is 0 Å². The maximum Gasteiger partial charge on any atom is 0.0369 e. The summed E-state index contributed by atoms with van der Waals surface area (Å²) < 4.78 is 0. The molecule has 1 unspecified atom stereocenters. The summed E-state index contributed by atoms with van der Waals surface area (Å²) in [5, 5.41) is 3.41. The van der Waals surface area contributed by atoms with Crippen LogP contribution in [-0.4, -0.2) is 26.2 Å². The first-order chi connectivity index (χ1) is 8.21. The molecule has 0 bridgehead atoms. The average Bonchev–Trinajstić information content (AvgIpc) is 2.34. The van der Waals surface area contributed by atoms with Gasteiger partial charge in [-0.1, -0.05) is 25.5 Å². The number of hydrogen-bond acceptors (Lipinski definition) is 2. The highest BCUT2D eigenvalue weighted by molar-refractivity contribution is 5.48. The van der Waals surface area contributed by atoms with Crippen LogP contribution in [0.3, 0.4) is 0 Å². The molecular formula is C15H26N2. The van der Waals surface area contributed by atoms with Gasteiger partial charge in [-0.2, -0.15) is 0 Å². The van der Waals surface area contributed by atoms with Gasteiger partial charge in [0.2, 0.25) is 0 Å². The maximum absolute atomic E-state index is 3.41. The summed E-state index contributed by atoms with van der Waals surface area (Å²) in [6.45, 7) is 8.77. The van der Waals surface area contributed by atoms with Crippen LogP contribution in [0.25, 0.3) is 0 Å². The third-order valence-corrected chi connectivity index (χ3v) is 3.23. The van der Waals surface area contributed by atoms with E-state index in [1.165, 1.54) is 24.1 Å². The molecule has 1 N–H and O–H groups in total. The smallest absolute Gasteiger partial charge is 0.0369 e. The molecule has 0 aliphatic carbocycles. The molecule has 0 heterocycles. The van der Waals surface area contributed by atoms with Gasteiger partial charge in [-0.05, 0) is 45.0 Å². The Morgan fingerprint density at radius 1 is 1.29 bits per heavy atom. The monoisotopic (exact) mass is 234 g/mol. The van der Waals surface area contributed by atoms with E-state index in [0.29, 0.717) is 6.04 Å². The topological polar surface area (TPSA) is 15.3 Å². The molecule has 1 atom stereocenters. The lowest BCUT2D eigenvalue weighted by molar-refractivity contribution is 0.508. The number of benzene rings is 1. The van der Waals surface area contributed by atoms with Gasteiger partial charge in [-0.25, -0.2) is 0 Å². The fraction of sp³-hybridized carbons (Fsp3) is 0.600. The van der Waals surface area contributed by atoms with Crippen molar-refractivity contribution in [1.82, 2.24) is 5.32 Å². The predicted octanol–water partition coefficient (Wildman–Crippen LogP) is 3.21. The third-order valence-electron chi connectivity index (χ3n) is 3.23. The van der Waals surface area contributed by atoms with Crippen molar-refractivity contribution in [2.45, 2.75) is 39.7 Å². The van der Waals surface area contributed by atoms with Gasteiger partial charge in [0.15, 0.2) is 0 Å². The normalized spacial score (nSPS) is 12.5. The number of hydrogen-bond donors (Lipinski definition) is 1.